The van der Waals surface area contributed by atoms with Crippen molar-refractivity contribution in [1.82, 2.24) is 9.29 Å². The van der Waals surface area contributed by atoms with Gasteiger partial charge in [-0.05, 0) is 42.8 Å². The van der Waals surface area contributed by atoms with Gasteiger partial charge in [0.2, 0.25) is 0 Å². The van der Waals surface area contributed by atoms with Crippen molar-refractivity contribution in [3.63, 3.8) is 0 Å². The van der Waals surface area contributed by atoms with Crippen LogP contribution in [0.2, 0.25) is 5.02 Å². The molecule has 0 radical (unpaired) electrons. The minimum Gasteiger partial charge on any atom is -0.368 e. The molecule has 0 unspecified atom stereocenters. The zero-order chi connectivity index (χ0) is 18.3. The molecule has 5 nitrogen and oxygen atoms in total. The maximum Gasteiger partial charge on any atom is 0.268 e. The Morgan fingerprint density at radius 3 is 2.58 bits per heavy atom. The molecule has 136 valence electrons. The maximum absolute atomic E-state index is 13.1. The molecule has 7 heteroatoms. The summed E-state index contributed by atoms with van der Waals surface area (Å²) in [5.74, 6) is 0. The second-order valence-corrected chi connectivity index (χ2v) is 8.70. The van der Waals surface area contributed by atoms with Gasteiger partial charge in [-0.2, -0.15) is 0 Å². The smallest absolute Gasteiger partial charge is 0.268 e. The molecule has 0 atom stereocenters. The van der Waals surface area contributed by atoms with Crippen molar-refractivity contribution < 1.29 is 8.42 Å². The quantitative estimate of drug-likeness (QED) is 0.747. The standard InChI is InChI=1S/C19H20ClN3O2S/c1-14-5-6-15(13-17(14)20)26(24,25)23-10-7-16-18(3-2-4-19(16)23)22-11-8-21-9-12-22/h2-7,10,13,21H,8-9,11-12H2,1H3. The van der Waals surface area contributed by atoms with Crippen molar-refractivity contribution in [2.45, 2.75) is 11.8 Å². The number of piperazine rings is 1. The lowest BCUT2D eigenvalue weighted by molar-refractivity contribution is 0.588. The molecule has 1 aliphatic rings. The predicted octanol–water partition coefficient (Wildman–Crippen LogP) is 3.25. The molecule has 0 spiro atoms. The zero-order valence-electron chi connectivity index (χ0n) is 14.4. The van der Waals surface area contributed by atoms with Gasteiger partial charge in [0.15, 0.2) is 0 Å². The summed E-state index contributed by atoms with van der Waals surface area (Å²) in [7, 11) is -3.71. The molecule has 4 rings (SSSR count). The summed E-state index contributed by atoms with van der Waals surface area (Å²) in [4.78, 5) is 2.48. The fourth-order valence-electron chi connectivity index (χ4n) is 3.37. The Morgan fingerprint density at radius 1 is 1.08 bits per heavy atom. The van der Waals surface area contributed by atoms with E-state index in [1.807, 2.05) is 31.2 Å². The lowest BCUT2D eigenvalue weighted by Gasteiger charge is -2.30. The summed E-state index contributed by atoms with van der Waals surface area (Å²) in [6, 6.07) is 12.5. The molecule has 1 aliphatic heterocycles. The Balaban J connectivity index is 1.83. The van der Waals surface area contributed by atoms with Gasteiger partial charge in [0.25, 0.3) is 10.0 Å². The van der Waals surface area contributed by atoms with Crippen molar-refractivity contribution >= 4 is 38.2 Å². The van der Waals surface area contributed by atoms with Gasteiger partial charge in [-0.15, -0.1) is 0 Å². The highest BCUT2D eigenvalue weighted by atomic mass is 35.5. The molecule has 26 heavy (non-hydrogen) atoms. The first-order chi connectivity index (χ1) is 12.5. The summed E-state index contributed by atoms with van der Waals surface area (Å²) < 4.78 is 27.6. The number of hydrogen-bond donors (Lipinski definition) is 1. The molecule has 2 heterocycles. The third-order valence-corrected chi connectivity index (χ3v) is 6.93. The average Bonchev–Trinajstić information content (AvgIpc) is 3.09. The van der Waals surface area contributed by atoms with Crippen LogP contribution in [-0.2, 0) is 10.0 Å². The first-order valence-electron chi connectivity index (χ1n) is 8.56. The fraction of sp³-hybridized carbons (Fsp3) is 0.263. The number of halogens is 1. The van der Waals surface area contributed by atoms with Crippen molar-refractivity contribution in [1.29, 1.82) is 0 Å². The third-order valence-electron chi connectivity index (χ3n) is 4.83. The van der Waals surface area contributed by atoms with Gasteiger partial charge in [0.05, 0.1) is 10.4 Å². The van der Waals surface area contributed by atoms with Gasteiger partial charge in [0.1, 0.15) is 0 Å². The molecule has 1 fully saturated rings. The monoisotopic (exact) mass is 389 g/mol. The molecule has 1 saturated heterocycles. The third kappa shape index (κ3) is 2.88. The Kier molecular flexibility index (Phi) is 4.42. The van der Waals surface area contributed by atoms with E-state index in [9.17, 15) is 8.42 Å². The van der Waals surface area contributed by atoms with Crippen LogP contribution in [0.4, 0.5) is 5.69 Å². The van der Waals surface area contributed by atoms with Gasteiger partial charge in [0, 0.05) is 48.5 Å². The van der Waals surface area contributed by atoms with E-state index in [4.69, 9.17) is 11.6 Å². The number of nitrogens with zero attached hydrogens (tertiary/aromatic N) is 2. The summed E-state index contributed by atoms with van der Waals surface area (Å²) >= 11 is 6.14. The second kappa shape index (κ2) is 6.61. The molecule has 0 amide bonds. The van der Waals surface area contributed by atoms with Gasteiger partial charge in [-0.3, -0.25) is 0 Å². The van der Waals surface area contributed by atoms with Crippen LogP contribution in [-0.4, -0.2) is 38.6 Å². The Labute approximate surface area is 158 Å². The van der Waals surface area contributed by atoms with Gasteiger partial charge >= 0.3 is 0 Å². The Morgan fingerprint density at radius 2 is 1.85 bits per heavy atom. The van der Waals surface area contributed by atoms with Crippen LogP contribution in [0.5, 0.6) is 0 Å². The highest BCUT2D eigenvalue weighted by molar-refractivity contribution is 7.90. The second-order valence-electron chi connectivity index (χ2n) is 6.47. The first kappa shape index (κ1) is 17.4. The lowest BCUT2D eigenvalue weighted by Crippen LogP contribution is -2.43. The van der Waals surface area contributed by atoms with E-state index in [1.165, 1.54) is 10.0 Å². The van der Waals surface area contributed by atoms with Crippen molar-refractivity contribution in [2.24, 2.45) is 0 Å². The number of rotatable bonds is 3. The van der Waals surface area contributed by atoms with Crippen molar-refractivity contribution in [3.05, 3.63) is 59.2 Å². The van der Waals surface area contributed by atoms with Gasteiger partial charge < -0.3 is 10.2 Å². The highest BCUT2D eigenvalue weighted by Gasteiger charge is 2.22. The van der Waals surface area contributed by atoms with E-state index in [2.05, 4.69) is 10.2 Å². The SMILES string of the molecule is Cc1ccc(S(=O)(=O)n2ccc3c(N4CCNCC4)cccc32)cc1Cl. The van der Waals surface area contributed by atoms with E-state index in [0.717, 1.165) is 42.8 Å². The number of hydrogen-bond acceptors (Lipinski definition) is 4. The predicted molar refractivity (Wildman–Crippen MR) is 106 cm³/mol. The Bertz CT molecular complexity index is 1070. The number of aromatic nitrogens is 1. The molecule has 1 aromatic heterocycles. The van der Waals surface area contributed by atoms with E-state index < -0.39 is 10.0 Å². The molecular formula is C19H20ClN3O2S. The van der Waals surface area contributed by atoms with Gasteiger partial charge in [-0.1, -0.05) is 23.7 Å². The van der Waals surface area contributed by atoms with E-state index in [0.29, 0.717) is 10.5 Å². The summed E-state index contributed by atoms with van der Waals surface area (Å²) in [5.41, 5.74) is 2.60. The number of benzene rings is 2. The van der Waals surface area contributed by atoms with E-state index in [1.54, 1.807) is 18.3 Å². The molecule has 2 aromatic carbocycles. The van der Waals surface area contributed by atoms with Crippen LogP contribution in [0, 0.1) is 6.92 Å². The van der Waals surface area contributed by atoms with Crippen LogP contribution in [0.3, 0.4) is 0 Å². The van der Waals surface area contributed by atoms with Crippen molar-refractivity contribution in [3.8, 4) is 0 Å². The molecule has 0 saturated carbocycles. The summed E-state index contributed by atoms with van der Waals surface area (Å²) in [5, 5.41) is 4.73. The number of anilines is 1. The maximum atomic E-state index is 13.1. The molecule has 3 aromatic rings. The molecule has 1 N–H and O–H groups in total. The number of fused-ring (bicyclic) bond motifs is 1. The van der Waals surface area contributed by atoms with Crippen molar-refractivity contribution in [2.75, 3.05) is 31.1 Å². The normalized spacial score (nSPS) is 15.5. The average molecular weight is 390 g/mol. The van der Waals surface area contributed by atoms with Crippen LogP contribution in [0.15, 0.2) is 53.6 Å². The molecule has 0 aliphatic carbocycles. The first-order valence-corrected chi connectivity index (χ1v) is 10.4. The molecule has 0 bridgehead atoms. The number of nitrogens with one attached hydrogen (secondary N) is 1. The van der Waals surface area contributed by atoms with Crippen LogP contribution in [0.1, 0.15) is 5.56 Å². The minimum atomic E-state index is -3.71. The highest BCUT2D eigenvalue weighted by Crippen LogP contribution is 2.31. The fourth-order valence-corrected chi connectivity index (χ4v) is 4.98. The molecular weight excluding hydrogens is 370 g/mol. The zero-order valence-corrected chi connectivity index (χ0v) is 16.0. The minimum absolute atomic E-state index is 0.193. The summed E-state index contributed by atoms with van der Waals surface area (Å²) in [6.07, 6.45) is 1.62. The summed E-state index contributed by atoms with van der Waals surface area (Å²) in [6.45, 7) is 5.52. The van der Waals surface area contributed by atoms with E-state index in [-0.39, 0.29) is 4.90 Å². The lowest BCUT2D eigenvalue weighted by atomic mass is 10.2. The topological polar surface area (TPSA) is 54.3 Å². The van der Waals surface area contributed by atoms with Crippen LogP contribution >= 0.6 is 11.6 Å². The van der Waals surface area contributed by atoms with Gasteiger partial charge in [-0.25, -0.2) is 12.4 Å². The largest absolute Gasteiger partial charge is 0.368 e. The van der Waals surface area contributed by atoms with E-state index >= 15 is 0 Å². The van der Waals surface area contributed by atoms with Crippen LogP contribution < -0.4 is 10.2 Å². The Hall–Kier alpha value is -2.02. The number of aryl methyl sites for hydroxylation is 1. The van der Waals surface area contributed by atoms with Crippen LogP contribution in [0.25, 0.3) is 10.9 Å².